The monoisotopic (exact) mass is 301 g/mol. The Morgan fingerprint density at radius 3 is 2.64 bits per heavy atom. The Labute approximate surface area is 130 Å². The van der Waals surface area contributed by atoms with Crippen LogP contribution in [0.2, 0.25) is 0 Å². The molecule has 2 rings (SSSR count). The number of benzene rings is 1. The van der Waals surface area contributed by atoms with Crippen molar-refractivity contribution >= 4 is 22.7 Å². The van der Waals surface area contributed by atoms with Gasteiger partial charge in [-0.25, -0.2) is 0 Å². The molecule has 0 fully saturated rings. The molecule has 1 N–H and O–H groups in total. The molecule has 0 aliphatic rings. The maximum Gasteiger partial charge on any atom is 0.242 e. The van der Waals surface area contributed by atoms with Gasteiger partial charge in [0.25, 0.3) is 0 Å². The van der Waals surface area contributed by atoms with Crippen molar-refractivity contribution in [3.05, 3.63) is 36.0 Å². The molecule has 0 saturated heterocycles. The molecule has 0 aliphatic heterocycles. The molecule has 0 bridgehead atoms. The van der Waals surface area contributed by atoms with Gasteiger partial charge in [0.05, 0.1) is 6.54 Å². The molecule has 0 atom stereocenters. The summed E-state index contributed by atoms with van der Waals surface area (Å²) in [6.45, 7) is 6.10. The summed E-state index contributed by atoms with van der Waals surface area (Å²) >= 11 is 0. The Balaban J connectivity index is 2.07. The van der Waals surface area contributed by atoms with E-state index < -0.39 is 0 Å². The van der Waals surface area contributed by atoms with Gasteiger partial charge in [0.15, 0.2) is 0 Å². The van der Waals surface area contributed by atoms with E-state index in [-0.39, 0.29) is 30.9 Å². The Kier molecular flexibility index (Phi) is 4.85. The first kappa shape index (κ1) is 16.1. The number of likely N-dealkylation sites (N-methyl/N-ethyl adjacent to an activating group) is 1. The van der Waals surface area contributed by atoms with Crippen LogP contribution in [0.15, 0.2) is 30.3 Å². The number of fused-ring (bicyclic) bond motifs is 1. The van der Waals surface area contributed by atoms with E-state index in [9.17, 15) is 9.59 Å². The first-order valence-electron chi connectivity index (χ1n) is 7.46. The van der Waals surface area contributed by atoms with E-state index in [1.807, 2.05) is 49.6 Å². The van der Waals surface area contributed by atoms with Crippen LogP contribution in [-0.2, 0) is 16.1 Å². The van der Waals surface area contributed by atoms with Crippen molar-refractivity contribution in [2.45, 2.75) is 33.4 Å². The number of aryl methyl sites for hydroxylation is 1. The first-order chi connectivity index (χ1) is 10.4. The van der Waals surface area contributed by atoms with Gasteiger partial charge in [0, 0.05) is 24.3 Å². The molecule has 5 nitrogen and oxygen atoms in total. The Hall–Kier alpha value is -2.30. The lowest BCUT2D eigenvalue weighted by Crippen LogP contribution is -2.41. The zero-order chi connectivity index (χ0) is 16.3. The van der Waals surface area contributed by atoms with Crippen LogP contribution in [0.4, 0.5) is 0 Å². The van der Waals surface area contributed by atoms with Crippen molar-refractivity contribution in [2.24, 2.45) is 0 Å². The lowest BCUT2D eigenvalue weighted by Gasteiger charge is -2.19. The Morgan fingerprint density at radius 2 is 1.95 bits per heavy atom. The number of hydrogen-bond acceptors (Lipinski definition) is 2. The van der Waals surface area contributed by atoms with E-state index in [1.54, 1.807) is 7.05 Å². The van der Waals surface area contributed by atoms with Gasteiger partial charge in [-0.15, -0.1) is 0 Å². The molecule has 22 heavy (non-hydrogen) atoms. The fraction of sp³-hybridized carbons (Fsp3) is 0.412. The van der Waals surface area contributed by atoms with Gasteiger partial charge >= 0.3 is 0 Å². The number of hydrogen-bond donors (Lipinski definition) is 1. The van der Waals surface area contributed by atoms with Crippen molar-refractivity contribution in [1.82, 2.24) is 14.8 Å². The molecule has 0 radical (unpaired) electrons. The number of aromatic nitrogens is 1. The SMILES string of the molecule is Cc1cc2ccccc2n1CC(=O)N(C)CC(=O)NC(C)C. The van der Waals surface area contributed by atoms with E-state index in [0.717, 1.165) is 16.6 Å². The number of nitrogens with one attached hydrogen (secondary N) is 1. The second-order valence-electron chi connectivity index (χ2n) is 5.90. The van der Waals surface area contributed by atoms with Gasteiger partial charge in [-0.05, 0) is 38.3 Å². The van der Waals surface area contributed by atoms with E-state index in [4.69, 9.17) is 0 Å². The van der Waals surface area contributed by atoms with E-state index in [2.05, 4.69) is 11.4 Å². The second kappa shape index (κ2) is 6.64. The predicted molar refractivity (Wildman–Crippen MR) is 87.6 cm³/mol. The van der Waals surface area contributed by atoms with Gasteiger partial charge in [-0.1, -0.05) is 18.2 Å². The van der Waals surface area contributed by atoms with Crippen LogP contribution >= 0.6 is 0 Å². The van der Waals surface area contributed by atoms with Crippen molar-refractivity contribution in [3.63, 3.8) is 0 Å². The third kappa shape index (κ3) is 3.67. The Morgan fingerprint density at radius 1 is 1.27 bits per heavy atom. The quantitative estimate of drug-likeness (QED) is 0.917. The van der Waals surface area contributed by atoms with Crippen LogP contribution in [0.3, 0.4) is 0 Å². The minimum Gasteiger partial charge on any atom is -0.352 e. The maximum absolute atomic E-state index is 12.4. The number of nitrogens with zero attached hydrogens (tertiary/aromatic N) is 2. The fourth-order valence-electron chi connectivity index (χ4n) is 2.49. The molecule has 5 heteroatoms. The summed E-state index contributed by atoms with van der Waals surface area (Å²) in [6.07, 6.45) is 0. The molecule has 0 unspecified atom stereocenters. The zero-order valence-corrected chi connectivity index (χ0v) is 13.6. The minimum atomic E-state index is -0.139. The summed E-state index contributed by atoms with van der Waals surface area (Å²) in [5, 5.41) is 3.91. The maximum atomic E-state index is 12.4. The van der Waals surface area contributed by atoms with Gasteiger partial charge < -0.3 is 14.8 Å². The average molecular weight is 301 g/mol. The summed E-state index contributed by atoms with van der Waals surface area (Å²) in [5.41, 5.74) is 2.07. The topological polar surface area (TPSA) is 54.3 Å². The summed E-state index contributed by atoms with van der Waals surface area (Å²) < 4.78 is 1.98. The number of amides is 2. The lowest BCUT2D eigenvalue weighted by molar-refractivity contribution is -0.135. The Bertz CT molecular complexity index is 688. The molecule has 2 aromatic rings. The molecule has 0 aliphatic carbocycles. The van der Waals surface area contributed by atoms with E-state index in [0.29, 0.717) is 0 Å². The number of carbonyl (C=O) groups is 2. The van der Waals surface area contributed by atoms with Crippen LogP contribution in [0.5, 0.6) is 0 Å². The molecule has 1 aromatic heterocycles. The van der Waals surface area contributed by atoms with Crippen molar-refractivity contribution < 1.29 is 9.59 Å². The van der Waals surface area contributed by atoms with Gasteiger partial charge in [0.1, 0.15) is 6.54 Å². The van der Waals surface area contributed by atoms with Gasteiger partial charge in [-0.2, -0.15) is 0 Å². The molecule has 118 valence electrons. The number of carbonyl (C=O) groups excluding carboxylic acids is 2. The van der Waals surface area contributed by atoms with Gasteiger partial charge in [0.2, 0.25) is 11.8 Å². The highest BCUT2D eigenvalue weighted by atomic mass is 16.2. The van der Waals surface area contributed by atoms with Crippen LogP contribution in [-0.4, -0.2) is 40.9 Å². The van der Waals surface area contributed by atoms with Crippen molar-refractivity contribution in [1.29, 1.82) is 0 Å². The smallest absolute Gasteiger partial charge is 0.242 e. The average Bonchev–Trinajstić information content (AvgIpc) is 2.74. The van der Waals surface area contributed by atoms with Crippen molar-refractivity contribution in [2.75, 3.05) is 13.6 Å². The molecule has 1 aromatic carbocycles. The summed E-state index contributed by atoms with van der Waals surface area (Å²) in [4.78, 5) is 25.6. The van der Waals surface area contributed by atoms with Crippen molar-refractivity contribution in [3.8, 4) is 0 Å². The second-order valence-corrected chi connectivity index (χ2v) is 5.90. The molecule has 0 saturated carbocycles. The largest absolute Gasteiger partial charge is 0.352 e. The normalized spacial score (nSPS) is 11.0. The van der Waals surface area contributed by atoms with Crippen LogP contribution in [0.1, 0.15) is 19.5 Å². The summed E-state index contributed by atoms with van der Waals surface area (Å²) in [7, 11) is 1.66. The number of rotatable bonds is 5. The molecule has 1 heterocycles. The minimum absolute atomic E-state index is 0.0756. The lowest BCUT2D eigenvalue weighted by atomic mass is 10.2. The van der Waals surface area contributed by atoms with Crippen LogP contribution < -0.4 is 5.32 Å². The molecular formula is C17H23N3O2. The molecule has 0 spiro atoms. The third-order valence-electron chi connectivity index (χ3n) is 3.57. The number of para-hydroxylation sites is 1. The highest BCUT2D eigenvalue weighted by molar-refractivity contribution is 5.87. The first-order valence-corrected chi connectivity index (χ1v) is 7.46. The highest BCUT2D eigenvalue weighted by Gasteiger charge is 2.16. The summed E-state index contributed by atoms with van der Waals surface area (Å²) in [5.74, 6) is -0.219. The fourth-order valence-corrected chi connectivity index (χ4v) is 2.49. The standard InChI is InChI=1S/C17H23N3O2/c1-12(2)18-16(21)10-19(4)17(22)11-20-13(3)9-14-7-5-6-8-15(14)20/h5-9,12H,10-11H2,1-4H3,(H,18,21). The molecule has 2 amide bonds. The van der Waals surface area contributed by atoms with Crippen LogP contribution in [0, 0.1) is 6.92 Å². The predicted octanol–water partition coefficient (Wildman–Crippen LogP) is 1.93. The van der Waals surface area contributed by atoms with Gasteiger partial charge in [-0.3, -0.25) is 9.59 Å². The summed E-state index contributed by atoms with van der Waals surface area (Å²) in [6, 6.07) is 10.1. The zero-order valence-electron chi connectivity index (χ0n) is 13.6. The molecular weight excluding hydrogens is 278 g/mol. The third-order valence-corrected chi connectivity index (χ3v) is 3.57. The van der Waals surface area contributed by atoms with Crippen LogP contribution in [0.25, 0.3) is 10.9 Å². The van der Waals surface area contributed by atoms with E-state index in [1.165, 1.54) is 4.90 Å². The highest BCUT2D eigenvalue weighted by Crippen LogP contribution is 2.19. The van der Waals surface area contributed by atoms with E-state index >= 15 is 0 Å².